The maximum absolute atomic E-state index is 12.4. The van der Waals surface area contributed by atoms with Crippen molar-refractivity contribution in [3.63, 3.8) is 0 Å². The van der Waals surface area contributed by atoms with Gasteiger partial charge in [0.1, 0.15) is 5.75 Å². The number of thiazole rings is 1. The van der Waals surface area contributed by atoms with E-state index in [4.69, 9.17) is 4.74 Å². The molecule has 0 amide bonds. The van der Waals surface area contributed by atoms with E-state index >= 15 is 0 Å². The minimum absolute atomic E-state index is 0.164. The van der Waals surface area contributed by atoms with Crippen LogP contribution in [0.5, 0.6) is 5.75 Å². The zero-order chi connectivity index (χ0) is 17.9. The molecule has 2 aromatic carbocycles. The van der Waals surface area contributed by atoms with Crippen LogP contribution in [0.25, 0.3) is 11.3 Å². The smallest absolute Gasteiger partial charge is 0.263 e. The number of hydrogen-bond donors (Lipinski definition) is 1. The van der Waals surface area contributed by atoms with Crippen LogP contribution in [0.4, 0.5) is 5.13 Å². The van der Waals surface area contributed by atoms with Crippen molar-refractivity contribution in [3.8, 4) is 17.0 Å². The van der Waals surface area contributed by atoms with Gasteiger partial charge in [-0.2, -0.15) is 0 Å². The Labute approximate surface area is 151 Å². The molecule has 1 aromatic heterocycles. The zero-order valence-electron chi connectivity index (χ0n) is 13.9. The number of benzene rings is 2. The van der Waals surface area contributed by atoms with Gasteiger partial charge >= 0.3 is 0 Å². The normalized spacial score (nSPS) is 11.3. The molecule has 0 radical (unpaired) electrons. The van der Waals surface area contributed by atoms with E-state index in [1.807, 2.05) is 17.5 Å². The summed E-state index contributed by atoms with van der Waals surface area (Å²) in [5.41, 5.74) is 2.96. The predicted molar refractivity (Wildman–Crippen MR) is 101 cm³/mol. The summed E-state index contributed by atoms with van der Waals surface area (Å²) in [6, 6.07) is 14.3. The average Bonchev–Trinajstić information content (AvgIpc) is 3.09. The molecule has 0 fully saturated rings. The Balaban J connectivity index is 1.79. The summed E-state index contributed by atoms with van der Waals surface area (Å²) < 4.78 is 32.5. The third-order valence-electron chi connectivity index (χ3n) is 3.75. The topological polar surface area (TPSA) is 68.3 Å². The lowest BCUT2D eigenvalue weighted by molar-refractivity contribution is 0.414. The van der Waals surface area contributed by atoms with E-state index in [1.165, 1.54) is 36.1 Å². The lowest BCUT2D eigenvalue weighted by Gasteiger charge is -2.06. The monoisotopic (exact) mass is 374 g/mol. The molecule has 5 nitrogen and oxygen atoms in total. The molecular weight excluding hydrogens is 356 g/mol. The maximum atomic E-state index is 12.4. The lowest BCUT2D eigenvalue weighted by atomic mass is 10.1. The number of anilines is 1. The van der Waals surface area contributed by atoms with Crippen molar-refractivity contribution < 1.29 is 13.2 Å². The fourth-order valence-electron chi connectivity index (χ4n) is 2.29. The number of sulfonamides is 1. The van der Waals surface area contributed by atoms with Crippen LogP contribution < -0.4 is 9.46 Å². The van der Waals surface area contributed by atoms with Crippen LogP contribution in [-0.4, -0.2) is 20.5 Å². The second-order valence-electron chi connectivity index (χ2n) is 5.37. The first-order chi connectivity index (χ1) is 12.0. The highest BCUT2D eigenvalue weighted by molar-refractivity contribution is 7.93. The first-order valence-electron chi connectivity index (χ1n) is 7.73. The van der Waals surface area contributed by atoms with Crippen LogP contribution >= 0.6 is 11.3 Å². The van der Waals surface area contributed by atoms with Crippen LogP contribution in [0.1, 0.15) is 12.5 Å². The molecule has 0 aliphatic rings. The molecule has 0 spiro atoms. The second kappa shape index (κ2) is 7.25. The summed E-state index contributed by atoms with van der Waals surface area (Å²) in [5, 5.41) is 2.18. The molecule has 25 heavy (non-hydrogen) atoms. The third kappa shape index (κ3) is 4.00. The largest absolute Gasteiger partial charge is 0.497 e. The number of nitrogens with zero attached hydrogens (tertiary/aromatic N) is 1. The van der Waals surface area contributed by atoms with E-state index in [0.29, 0.717) is 10.9 Å². The Morgan fingerprint density at radius 1 is 1.08 bits per heavy atom. The first kappa shape index (κ1) is 17.4. The molecule has 3 aromatic rings. The van der Waals surface area contributed by atoms with E-state index < -0.39 is 10.0 Å². The van der Waals surface area contributed by atoms with E-state index in [2.05, 4.69) is 28.8 Å². The molecule has 0 aliphatic carbocycles. The fourth-order valence-corrected chi connectivity index (χ4v) is 4.27. The number of nitrogens with one attached hydrogen (secondary N) is 1. The van der Waals surface area contributed by atoms with Crippen molar-refractivity contribution in [1.82, 2.24) is 4.98 Å². The highest BCUT2D eigenvalue weighted by Gasteiger charge is 2.16. The maximum Gasteiger partial charge on any atom is 0.263 e. The highest BCUT2D eigenvalue weighted by atomic mass is 32.2. The summed E-state index contributed by atoms with van der Waals surface area (Å²) >= 11 is 1.26. The van der Waals surface area contributed by atoms with Crippen LogP contribution in [0, 0.1) is 0 Å². The molecule has 0 bridgehead atoms. The van der Waals surface area contributed by atoms with Gasteiger partial charge in [-0.25, -0.2) is 13.4 Å². The minimum atomic E-state index is -3.68. The summed E-state index contributed by atoms with van der Waals surface area (Å²) in [5.74, 6) is 0.603. The minimum Gasteiger partial charge on any atom is -0.497 e. The summed E-state index contributed by atoms with van der Waals surface area (Å²) in [6.45, 7) is 2.10. The summed E-state index contributed by atoms with van der Waals surface area (Å²) in [4.78, 5) is 4.55. The summed E-state index contributed by atoms with van der Waals surface area (Å²) in [6.07, 6.45) is 0.976. The Hall–Kier alpha value is -2.38. The predicted octanol–water partition coefficient (Wildman–Crippen LogP) is 4.18. The van der Waals surface area contributed by atoms with Crippen molar-refractivity contribution in [2.24, 2.45) is 0 Å². The Bertz CT molecular complexity index is 947. The van der Waals surface area contributed by atoms with Crippen molar-refractivity contribution in [2.75, 3.05) is 11.8 Å². The van der Waals surface area contributed by atoms with Crippen LogP contribution in [0.15, 0.2) is 58.8 Å². The van der Waals surface area contributed by atoms with Gasteiger partial charge in [-0.15, -0.1) is 11.3 Å². The van der Waals surface area contributed by atoms with Crippen molar-refractivity contribution in [2.45, 2.75) is 18.2 Å². The van der Waals surface area contributed by atoms with Crippen molar-refractivity contribution in [1.29, 1.82) is 0 Å². The number of methoxy groups -OCH3 is 1. The molecule has 1 N–H and O–H groups in total. The van der Waals surface area contributed by atoms with Gasteiger partial charge in [-0.1, -0.05) is 31.2 Å². The van der Waals surface area contributed by atoms with Crippen LogP contribution in [0.3, 0.4) is 0 Å². The van der Waals surface area contributed by atoms with Gasteiger partial charge < -0.3 is 4.74 Å². The van der Waals surface area contributed by atoms with Crippen molar-refractivity contribution in [3.05, 3.63) is 59.5 Å². The van der Waals surface area contributed by atoms with Gasteiger partial charge in [0.2, 0.25) is 0 Å². The summed E-state index contributed by atoms with van der Waals surface area (Å²) in [7, 11) is -2.14. The molecule has 7 heteroatoms. The van der Waals surface area contributed by atoms with E-state index in [1.54, 1.807) is 12.1 Å². The first-order valence-corrected chi connectivity index (χ1v) is 10.1. The number of aryl methyl sites for hydroxylation is 1. The second-order valence-corrected chi connectivity index (χ2v) is 7.91. The molecule has 3 rings (SSSR count). The zero-order valence-corrected chi connectivity index (χ0v) is 15.5. The molecule has 1 heterocycles. The average molecular weight is 374 g/mol. The van der Waals surface area contributed by atoms with E-state index in [0.717, 1.165) is 17.7 Å². The van der Waals surface area contributed by atoms with Crippen LogP contribution in [-0.2, 0) is 16.4 Å². The molecule has 0 aliphatic heterocycles. The Kier molecular flexibility index (Phi) is 5.06. The third-order valence-corrected chi connectivity index (χ3v) is 6.00. The van der Waals surface area contributed by atoms with Gasteiger partial charge in [0.25, 0.3) is 10.0 Å². The van der Waals surface area contributed by atoms with E-state index in [-0.39, 0.29) is 4.90 Å². The van der Waals surface area contributed by atoms with Gasteiger partial charge in [0, 0.05) is 10.9 Å². The lowest BCUT2D eigenvalue weighted by Crippen LogP contribution is -2.12. The molecule has 0 atom stereocenters. The van der Waals surface area contributed by atoms with Crippen LogP contribution in [0.2, 0.25) is 0 Å². The molecule has 130 valence electrons. The van der Waals surface area contributed by atoms with Gasteiger partial charge in [0.05, 0.1) is 17.7 Å². The SMILES string of the molecule is CCc1ccc(-c2csc(NS(=O)(=O)c3ccc(OC)cc3)n2)cc1. The van der Waals surface area contributed by atoms with Gasteiger partial charge in [-0.3, -0.25) is 4.72 Å². The highest BCUT2D eigenvalue weighted by Crippen LogP contribution is 2.27. The number of aromatic nitrogens is 1. The standard InChI is InChI=1S/C18H18N2O3S2/c1-3-13-4-6-14(7-5-13)17-12-24-18(19-17)20-25(21,22)16-10-8-15(23-2)9-11-16/h4-12H,3H2,1-2H3,(H,19,20). The fraction of sp³-hybridized carbons (Fsp3) is 0.167. The Morgan fingerprint density at radius 3 is 2.36 bits per heavy atom. The molecule has 0 unspecified atom stereocenters. The molecule has 0 saturated carbocycles. The van der Waals surface area contributed by atoms with Gasteiger partial charge in [-0.05, 0) is 36.2 Å². The van der Waals surface area contributed by atoms with Gasteiger partial charge in [0.15, 0.2) is 5.13 Å². The number of rotatable bonds is 6. The van der Waals surface area contributed by atoms with Crippen molar-refractivity contribution >= 4 is 26.5 Å². The van der Waals surface area contributed by atoms with E-state index in [9.17, 15) is 8.42 Å². The molecular formula is C18H18N2O3S2. The quantitative estimate of drug-likeness (QED) is 0.703. The Morgan fingerprint density at radius 2 is 1.76 bits per heavy atom. The number of hydrogen-bond acceptors (Lipinski definition) is 5. The molecule has 0 saturated heterocycles. The number of ether oxygens (including phenoxy) is 1.